The lowest BCUT2D eigenvalue weighted by atomic mass is 10.0. The molecule has 0 spiro atoms. The molecule has 0 fully saturated rings. The summed E-state index contributed by atoms with van der Waals surface area (Å²) in [7, 11) is 0. The minimum absolute atomic E-state index is 0.186. The summed E-state index contributed by atoms with van der Waals surface area (Å²) < 4.78 is 59.6. The molecule has 0 bridgehead atoms. The number of amides is 2. The fourth-order valence-corrected chi connectivity index (χ4v) is 4.56. The molecule has 0 atom stereocenters. The monoisotopic (exact) mass is 564 g/mol. The molecule has 0 saturated heterocycles. The van der Waals surface area contributed by atoms with Gasteiger partial charge in [0.2, 0.25) is 0 Å². The standard InChI is InChI=1S/C29H24F4N6O2/c30-23-11-9-20(15-22(23)29(31,32)33)39(28(35)40)19-7-5-18(6-8-19)21-10-12-24(26-25(21)27(34)38-37-26)41-14-2-4-17-3-1-13-36-16-17/h1,3,5-13,15-16H,2,4,14H2,(H2,35,40)(H3,34,37,38). The normalized spacial score (nSPS) is 11.5. The van der Waals surface area contributed by atoms with Crippen molar-refractivity contribution in [2.45, 2.75) is 19.0 Å². The predicted molar refractivity (Wildman–Crippen MR) is 147 cm³/mol. The van der Waals surface area contributed by atoms with Crippen LogP contribution in [0.2, 0.25) is 0 Å². The Morgan fingerprint density at radius 2 is 1.78 bits per heavy atom. The zero-order valence-corrected chi connectivity index (χ0v) is 21.5. The molecular weight excluding hydrogens is 540 g/mol. The Morgan fingerprint density at radius 3 is 2.46 bits per heavy atom. The molecule has 41 heavy (non-hydrogen) atoms. The topological polar surface area (TPSA) is 123 Å². The van der Waals surface area contributed by atoms with Crippen LogP contribution in [0, 0.1) is 5.82 Å². The number of carbonyl (C=O) groups is 1. The van der Waals surface area contributed by atoms with Crippen molar-refractivity contribution in [2.24, 2.45) is 5.73 Å². The fourth-order valence-electron chi connectivity index (χ4n) is 4.56. The molecule has 0 aliphatic rings. The Bertz CT molecular complexity index is 1690. The molecule has 2 aromatic heterocycles. The highest BCUT2D eigenvalue weighted by molar-refractivity contribution is 6.05. The molecule has 210 valence electrons. The second-order valence-corrected chi connectivity index (χ2v) is 9.17. The number of carbonyl (C=O) groups excluding carboxylic acids is 1. The van der Waals surface area contributed by atoms with E-state index in [1.807, 2.05) is 24.4 Å². The van der Waals surface area contributed by atoms with Crippen molar-refractivity contribution in [1.82, 2.24) is 15.2 Å². The lowest BCUT2D eigenvalue weighted by Crippen LogP contribution is -2.31. The number of aryl methyl sites for hydroxylation is 1. The molecule has 2 amide bonds. The smallest absolute Gasteiger partial charge is 0.419 e. The molecule has 3 aromatic carbocycles. The van der Waals surface area contributed by atoms with E-state index < -0.39 is 23.6 Å². The molecule has 8 nitrogen and oxygen atoms in total. The summed E-state index contributed by atoms with van der Waals surface area (Å²) in [6, 6.07) is 15.1. The number of fused-ring (bicyclic) bond motifs is 1. The largest absolute Gasteiger partial charge is 0.491 e. The lowest BCUT2D eigenvalue weighted by molar-refractivity contribution is -0.139. The molecular formula is C29H24F4N6O2. The Balaban J connectivity index is 1.40. The van der Waals surface area contributed by atoms with Gasteiger partial charge >= 0.3 is 12.2 Å². The third kappa shape index (κ3) is 5.76. The first-order valence-electron chi connectivity index (χ1n) is 12.5. The van der Waals surface area contributed by atoms with E-state index in [9.17, 15) is 22.4 Å². The van der Waals surface area contributed by atoms with Gasteiger partial charge in [0.15, 0.2) is 5.82 Å². The van der Waals surface area contributed by atoms with Crippen molar-refractivity contribution in [1.29, 1.82) is 0 Å². The number of alkyl halides is 3. The Labute approximate surface area is 231 Å². The number of aromatic nitrogens is 3. The van der Waals surface area contributed by atoms with Crippen LogP contribution in [-0.4, -0.2) is 27.8 Å². The Morgan fingerprint density at radius 1 is 1.02 bits per heavy atom. The number of hydrogen-bond acceptors (Lipinski definition) is 5. The fraction of sp³-hybridized carbons (Fsp3) is 0.138. The predicted octanol–water partition coefficient (Wildman–Crippen LogP) is 6.59. The molecule has 0 saturated carbocycles. The molecule has 0 aliphatic carbocycles. The highest BCUT2D eigenvalue weighted by Gasteiger charge is 2.35. The van der Waals surface area contributed by atoms with Crippen molar-refractivity contribution in [2.75, 3.05) is 17.2 Å². The van der Waals surface area contributed by atoms with E-state index in [0.717, 1.165) is 29.4 Å². The summed E-state index contributed by atoms with van der Waals surface area (Å²) in [5, 5.41) is 7.67. The quantitative estimate of drug-likeness (QED) is 0.145. The highest BCUT2D eigenvalue weighted by Crippen LogP contribution is 2.39. The van der Waals surface area contributed by atoms with Gasteiger partial charge in [-0.2, -0.15) is 18.3 Å². The van der Waals surface area contributed by atoms with Crippen LogP contribution in [0.25, 0.3) is 22.0 Å². The van der Waals surface area contributed by atoms with Crippen LogP contribution in [0.1, 0.15) is 17.5 Å². The van der Waals surface area contributed by atoms with E-state index in [-0.39, 0.29) is 17.2 Å². The Hall–Kier alpha value is -5.13. The number of primary amides is 1. The number of ether oxygens (including phenoxy) is 1. The zero-order chi connectivity index (χ0) is 29.1. The summed E-state index contributed by atoms with van der Waals surface area (Å²) in [6.45, 7) is 0.458. The van der Waals surface area contributed by atoms with Crippen molar-refractivity contribution >= 4 is 34.1 Å². The van der Waals surface area contributed by atoms with Crippen LogP contribution in [0.5, 0.6) is 5.75 Å². The summed E-state index contributed by atoms with van der Waals surface area (Å²) in [4.78, 5) is 17.2. The number of nitrogens with two attached hydrogens (primary N) is 2. The SMILES string of the molecule is NC(=O)N(c1ccc(-c2ccc(OCCCc3cccnc3)c3[nH]nc(N)c23)cc1)c1ccc(F)c(C(F)(F)F)c1. The van der Waals surface area contributed by atoms with Crippen LogP contribution in [0.4, 0.5) is 39.5 Å². The number of H-pyrrole nitrogens is 1. The maximum atomic E-state index is 13.8. The maximum absolute atomic E-state index is 13.8. The minimum Gasteiger partial charge on any atom is -0.491 e. The van der Waals surface area contributed by atoms with Crippen molar-refractivity contribution in [3.63, 3.8) is 0 Å². The third-order valence-corrected chi connectivity index (χ3v) is 6.47. The van der Waals surface area contributed by atoms with E-state index in [1.165, 1.54) is 12.1 Å². The molecule has 0 unspecified atom stereocenters. The number of aromatic amines is 1. The van der Waals surface area contributed by atoms with Crippen molar-refractivity contribution < 1.29 is 27.1 Å². The number of anilines is 3. The number of halogens is 4. The number of hydrogen-bond donors (Lipinski definition) is 3. The first-order chi connectivity index (χ1) is 19.6. The third-order valence-electron chi connectivity index (χ3n) is 6.47. The van der Waals surface area contributed by atoms with Gasteiger partial charge in [-0.15, -0.1) is 0 Å². The number of nitrogens with zero attached hydrogens (tertiary/aromatic N) is 3. The van der Waals surface area contributed by atoms with Gasteiger partial charge in [-0.1, -0.05) is 18.2 Å². The van der Waals surface area contributed by atoms with E-state index in [0.29, 0.717) is 46.5 Å². The number of nitrogen functional groups attached to an aromatic ring is 1. The van der Waals surface area contributed by atoms with Crippen LogP contribution < -0.4 is 21.1 Å². The van der Waals surface area contributed by atoms with Gasteiger partial charge in [0.05, 0.1) is 28.9 Å². The van der Waals surface area contributed by atoms with E-state index in [1.54, 1.807) is 24.4 Å². The van der Waals surface area contributed by atoms with Gasteiger partial charge in [0.1, 0.15) is 17.1 Å². The van der Waals surface area contributed by atoms with Gasteiger partial charge in [0.25, 0.3) is 0 Å². The molecule has 5 rings (SSSR count). The molecule has 12 heteroatoms. The molecule has 0 radical (unpaired) electrons. The van der Waals surface area contributed by atoms with E-state index in [2.05, 4.69) is 15.2 Å². The van der Waals surface area contributed by atoms with Gasteiger partial charge < -0.3 is 16.2 Å². The Kier molecular flexibility index (Phi) is 7.47. The van der Waals surface area contributed by atoms with Crippen LogP contribution in [0.3, 0.4) is 0 Å². The lowest BCUT2D eigenvalue weighted by Gasteiger charge is -2.22. The van der Waals surface area contributed by atoms with Crippen molar-refractivity contribution in [3.05, 3.63) is 96.1 Å². The van der Waals surface area contributed by atoms with Gasteiger partial charge in [0, 0.05) is 12.4 Å². The van der Waals surface area contributed by atoms with E-state index in [4.69, 9.17) is 16.2 Å². The molecule has 5 aromatic rings. The number of nitrogens with one attached hydrogen (secondary N) is 1. The number of rotatable bonds is 8. The zero-order valence-electron chi connectivity index (χ0n) is 21.5. The molecule has 2 heterocycles. The van der Waals surface area contributed by atoms with E-state index >= 15 is 0 Å². The van der Waals surface area contributed by atoms with Gasteiger partial charge in [-0.3, -0.25) is 15.0 Å². The number of urea groups is 1. The van der Waals surface area contributed by atoms with Crippen LogP contribution in [-0.2, 0) is 12.6 Å². The van der Waals surface area contributed by atoms with Crippen LogP contribution >= 0.6 is 0 Å². The van der Waals surface area contributed by atoms with Gasteiger partial charge in [-0.25, -0.2) is 9.18 Å². The van der Waals surface area contributed by atoms with Crippen LogP contribution in [0.15, 0.2) is 79.1 Å². The van der Waals surface area contributed by atoms with Crippen molar-refractivity contribution in [3.8, 4) is 16.9 Å². The first-order valence-corrected chi connectivity index (χ1v) is 12.5. The second kappa shape index (κ2) is 11.2. The average molecular weight is 565 g/mol. The summed E-state index contributed by atoms with van der Waals surface area (Å²) >= 11 is 0. The summed E-state index contributed by atoms with van der Waals surface area (Å²) in [5.41, 5.74) is 13.2. The molecule has 5 N–H and O–H groups in total. The minimum atomic E-state index is -4.95. The second-order valence-electron chi connectivity index (χ2n) is 9.17. The maximum Gasteiger partial charge on any atom is 0.419 e. The highest BCUT2D eigenvalue weighted by atomic mass is 19.4. The summed E-state index contributed by atoms with van der Waals surface area (Å²) in [5.74, 6) is -0.624. The first kappa shape index (κ1) is 27.4. The number of benzene rings is 3. The number of pyridine rings is 1. The summed E-state index contributed by atoms with van der Waals surface area (Å²) in [6.07, 6.45) is 0.175. The average Bonchev–Trinajstić information content (AvgIpc) is 3.34. The molecule has 0 aliphatic heterocycles. The van der Waals surface area contributed by atoms with Gasteiger partial charge in [-0.05, 0) is 78.1 Å².